The molecule has 2 aromatic rings. The third-order valence-electron chi connectivity index (χ3n) is 3.87. The highest BCUT2D eigenvalue weighted by atomic mass is 32.2. The van der Waals surface area contributed by atoms with Crippen LogP contribution in [0.1, 0.15) is 24.0 Å². The molecule has 0 N–H and O–H groups in total. The average Bonchev–Trinajstić information content (AvgIpc) is 3.15. The monoisotopic (exact) mass is 315 g/mol. The van der Waals surface area contributed by atoms with Gasteiger partial charge in [-0.25, -0.2) is 4.98 Å². The summed E-state index contributed by atoms with van der Waals surface area (Å²) >= 11 is 1.52. The summed E-state index contributed by atoms with van der Waals surface area (Å²) in [5, 5.41) is 0.873. The molecule has 5 heteroatoms. The van der Waals surface area contributed by atoms with Gasteiger partial charge in [0.25, 0.3) is 0 Å². The zero-order valence-electron chi connectivity index (χ0n) is 13.1. The minimum absolute atomic E-state index is 0.220. The lowest BCUT2D eigenvalue weighted by molar-refractivity contribution is -0.127. The van der Waals surface area contributed by atoms with Crippen molar-refractivity contribution in [1.29, 1.82) is 0 Å². The van der Waals surface area contributed by atoms with Gasteiger partial charge < -0.3 is 4.90 Å². The summed E-state index contributed by atoms with van der Waals surface area (Å²) in [5.74, 6) is 0.680. The van der Waals surface area contributed by atoms with Gasteiger partial charge in [0.2, 0.25) is 5.91 Å². The van der Waals surface area contributed by atoms with E-state index < -0.39 is 0 Å². The van der Waals surface area contributed by atoms with E-state index in [1.54, 1.807) is 6.20 Å². The Labute approximate surface area is 135 Å². The maximum absolute atomic E-state index is 12.2. The molecular weight excluding hydrogens is 294 g/mol. The minimum Gasteiger partial charge on any atom is -0.342 e. The van der Waals surface area contributed by atoms with Crippen molar-refractivity contribution < 1.29 is 4.79 Å². The van der Waals surface area contributed by atoms with Crippen molar-refractivity contribution in [3.63, 3.8) is 0 Å². The normalized spacial score (nSPS) is 14.5. The predicted octanol–water partition coefficient (Wildman–Crippen LogP) is 3.20. The first-order valence-electron chi connectivity index (χ1n) is 7.66. The standard InChI is InChI=1S/C17H21N3OS/c1-13-9-14(2)11-15(10-13)20-8-5-18-17(20)22-12-16(21)19-6-3-4-7-19/h5,8-11H,3-4,6-7,12H2,1-2H3. The van der Waals surface area contributed by atoms with Gasteiger partial charge in [0.15, 0.2) is 5.16 Å². The van der Waals surface area contributed by atoms with E-state index in [9.17, 15) is 4.79 Å². The Morgan fingerprint density at radius 1 is 1.18 bits per heavy atom. The number of rotatable bonds is 4. The van der Waals surface area contributed by atoms with Gasteiger partial charge in [0, 0.05) is 31.2 Å². The minimum atomic E-state index is 0.220. The molecule has 1 amide bonds. The molecule has 116 valence electrons. The van der Waals surface area contributed by atoms with Crippen LogP contribution in [0.15, 0.2) is 35.7 Å². The average molecular weight is 315 g/mol. The Bertz CT molecular complexity index is 654. The van der Waals surface area contributed by atoms with Crippen molar-refractivity contribution >= 4 is 17.7 Å². The van der Waals surface area contributed by atoms with Gasteiger partial charge in [-0.15, -0.1) is 0 Å². The fraction of sp³-hybridized carbons (Fsp3) is 0.412. The molecule has 1 fully saturated rings. The fourth-order valence-corrected chi connectivity index (χ4v) is 3.74. The summed E-state index contributed by atoms with van der Waals surface area (Å²) in [5.41, 5.74) is 3.56. The number of aromatic nitrogens is 2. The molecule has 0 radical (unpaired) electrons. The van der Waals surface area contributed by atoms with Crippen molar-refractivity contribution in [3.05, 3.63) is 41.7 Å². The first kappa shape index (κ1) is 15.2. The summed E-state index contributed by atoms with van der Waals surface area (Å²) in [4.78, 5) is 18.5. The van der Waals surface area contributed by atoms with Crippen LogP contribution in [0.5, 0.6) is 0 Å². The van der Waals surface area contributed by atoms with Gasteiger partial charge in [0.1, 0.15) is 0 Å². The summed E-state index contributed by atoms with van der Waals surface area (Å²) in [7, 11) is 0. The lowest BCUT2D eigenvalue weighted by Gasteiger charge is -2.15. The van der Waals surface area contributed by atoms with Gasteiger partial charge in [-0.1, -0.05) is 17.8 Å². The quantitative estimate of drug-likeness (QED) is 0.813. The van der Waals surface area contributed by atoms with Gasteiger partial charge in [-0.05, 0) is 49.9 Å². The Morgan fingerprint density at radius 2 is 1.86 bits per heavy atom. The molecule has 3 rings (SSSR count). The Morgan fingerprint density at radius 3 is 2.55 bits per heavy atom. The molecular formula is C17H21N3OS. The number of amides is 1. The number of hydrogen-bond acceptors (Lipinski definition) is 3. The number of thioether (sulfide) groups is 1. The van der Waals surface area contributed by atoms with Crippen LogP contribution in [-0.4, -0.2) is 39.2 Å². The lowest BCUT2D eigenvalue weighted by atomic mass is 10.1. The predicted molar refractivity (Wildman–Crippen MR) is 89.6 cm³/mol. The molecule has 1 aromatic heterocycles. The summed E-state index contributed by atoms with van der Waals surface area (Å²) in [6.07, 6.45) is 6.01. The van der Waals surface area contributed by atoms with E-state index in [-0.39, 0.29) is 5.91 Å². The molecule has 2 heterocycles. The Kier molecular flexibility index (Phi) is 4.52. The van der Waals surface area contributed by atoms with Gasteiger partial charge in [-0.3, -0.25) is 9.36 Å². The first-order valence-corrected chi connectivity index (χ1v) is 8.64. The highest BCUT2D eigenvalue weighted by Crippen LogP contribution is 2.23. The maximum Gasteiger partial charge on any atom is 0.233 e. The van der Waals surface area contributed by atoms with Crippen LogP contribution in [0, 0.1) is 13.8 Å². The Hall–Kier alpha value is -1.75. The number of nitrogens with zero attached hydrogens (tertiary/aromatic N) is 3. The molecule has 1 aliphatic rings. The van der Waals surface area contributed by atoms with Crippen LogP contribution in [0.25, 0.3) is 5.69 Å². The zero-order valence-corrected chi connectivity index (χ0v) is 13.9. The highest BCUT2D eigenvalue weighted by Gasteiger charge is 2.18. The third-order valence-corrected chi connectivity index (χ3v) is 4.83. The Balaban J connectivity index is 1.73. The SMILES string of the molecule is Cc1cc(C)cc(-n2ccnc2SCC(=O)N2CCCC2)c1. The molecule has 0 spiro atoms. The van der Waals surface area contributed by atoms with Crippen LogP contribution in [0.3, 0.4) is 0 Å². The summed E-state index contributed by atoms with van der Waals surface area (Å²) in [6.45, 7) is 6.00. The fourth-order valence-electron chi connectivity index (χ4n) is 2.87. The van der Waals surface area contributed by atoms with Crippen LogP contribution >= 0.6 is 11.8 Å². The molecule has 22 heavy (non-hydrogen) atoms. The number of benzene rings is 1. The largest absolute Gasteiger partial charge is 0.342 e. The van der Waals surface area contributed by atoms with E-state index in [1.807, 2.05) is 11.1 Å². The van der Waals surface area contributed by atoms with Gasteiger partial charge in [0.05, 0.1) is 5.75 Å². The van der Waals surface area contributed by atoms with Crippen molar-refractivity contribution in [2.75, 3.05) is 18.8 Å². The third kappa shape index (κ3) is 3.35. The van der Waals surface area contributed by atoms with E-state index in [1.165, 1.54) is 22.9 Å². The number of imidazole rings is 1. The van der Waals surface area contributed by atoms with Crippen molar-refractivity contribution in [2.24, 2.45) is 0 Å². The second-order valence-corrected chi connectivity index (χ2v) is 6.74. The van der Waals surface area contributed by atoms with E-state index >= 15 is 0 Å². The van der Waals surface area contributed by atoms with Crippen LogP contribution in [-0.2, 0) is 4.79 Å². The number of likely N-dealkylation sites (tertiary alicyclic amines) is 1. The molecule has 1 aliphatic heterocycles. The summed E-state index contributed by atoms with van der Waals surface area (Å²) < 4.78 is 2.06. The van der Waals surface area contributed by atoms with Crippen LogP contribution in [0.2, 0.25) is 0 Å². The second-order valence-electron chi connectivity index (χ2n) is 5.80. The second kappa shape index (κ2) is 6.57. The van der Waals surface area contributed by atoms with E-state index in [0.29, 0.717) is 5.75 Å². The number of aryl methyl sites for hydroxylation is 2. The molecule has 0 bridgehead atoms. The van der Waals surface area contributed by atoms with E-state index in [4.69, 9.17) is 0 Å². The maximum atomic E-state index is 12.2. The van der Waals surface area contributed by atoms with Crippen molar-refractivity contribution in [3.8, 4) is 5.69 Å². The number of carbonyl (C=O) groups excluding carboxylic acids is 1. The van der Waals surface area contributed by atoms with Crippen LogP contribution < -0.4 is 0 Å². The summed E-state index contributed by atoms with van der Waals surface area (Å²) in [6, 6.07) is 6.44. The molecule has 0 atom stereocenters. The molecule has 1 aromatic carbocycles. The zero-order chi connectivity index (χ0) is 15.5. The smallest absolute Gasteiger partial charge is 0.233 e. The first-order chi connectivity index (χ1) is 10.6. The van der Waals surface area contributed by atoms with Crippen molar-refractivity contribution in [1.82, 2.24) is 14.5 Å². The van der Waals surface area contributed by atoms with E-state index in [2.05, 4.69) is 41.6 Å². The molecule has 1 saturated heterocycles. The van der Waals surface area contributed by atoms with Gasteiger partial charge >= 0.3 is 0 Å². The molecule has 0 unspecified atom stereocenters. The van der Waals surface area contributed by atoms with Crippen molar-refractivity contribution in [2.45, 2.75) is 31.8 Å². The van der Waals surface area contributed by atoms with Crippen LogP contribution in [0.4, 0.5) is 0 Å². The molecule has 4 nitrogen and oxygen atoms in total. The topological polar surface area (TPSA) is 38.1 Å². The molecule has 0 saturated carbocycles. The molecule has 0 aliphatic carbocycles. The van der Waals surface area contributed by atoms with Gasteiger partial charge in [-0.2, -0.15) is 0 Å². The van der Waals surface area contributed by atoms with E-state index in [0.717, 1.165) is 36.8 Å². The highest BCUT2D eigenvalue weighted by molar-refractivity contribution is 7.99. The lowest BCUT2D eigenvalue weighted by Crippen LogP contribution is -2.29. The number of hydrogen-bond donors (Lipinski definition) is 0. The number of carbonyl (C=O) groups is 1.